The number of nitrogens with zero attached hydrogens (tertiary/aromatic N) is 7. The minimum atomic E-state index is -3.97. The molecule has 4 aromatic rings. The van der Waals surface area contributed by atoms with Crippen LogP contribution in [0.25, 0.3) is 22.6 Å². The fourth-order valence-electron chi connectivity index (χ4n) is 4.04. The summed E-state index contributed by atoms with van der Waals surface area (Å²) in [5.41, 5.74) is 13.8. The molecule has 0 aliphatic carbocycles. The summed E-state index contributed by atoms with van der Waals surface area (Å²) in [5, 5.41) is 5.19. The maximum atomic E-state index is 14.3. The number of rotatable bonds is 8. The molecule has 1 aromatic carbocycles. The third-order valence-electron chi connectivity index (χ3n) is 6.09. The predicted molar refractivity (Wildman–Crippen MR) is 137 cm³/mol. The Morgan fingerprint density at radius 2 is 1.84 bits per heavy atom. The van der Waals surface area contributed by atoms with Gasteiger partial charge in [0.15, 0.2) is 23.1 Å². The highest BCUT2D eigenvalue weighted by Crippen LogP contribution is 2.35. The molecular weight excluding hydrogens is 501 g/mol. The monoisotopic (exact) mass is 527 g/mol. The number of nitrogen functional groups attached to an aromatic ring is 2. The van der Waals surface area contributed by atoms with E-state index in [0.717, 1.165) is 8.61 Å². The van der Waals surface area contributed by atoms with Crippen LogP contribution < -0.4 is 15.8 Å². The van der Waals surface area contributed by atoms with Gasteiger partial charge in [0.25, 0.3) is 0 Å². The highest BCUT2D eigenvalue weighted by Gasteiger charge is 2.34. The standard InChI is InChI=1S/C23H26FN9O3S/c1-31(2)37(34,35)33(13-15-9-11-36-15)19-20(25)28-22(29-21(19)26)18-16-7-5-10-27-23(16)32(30-18)12-14-6-3-4-8-17(14)24/h3-8,10,15H,9,11-13H2,1-2H3,(H4,25,26,28,29). The summed E-state index contributed by atoms with van der Waals surface area (Å²) in [6.07, 6.45) is 2.01. The van der Waals surface area contributed by atoms with E-state index >= 15 is 0 Å². The van der Waals surface area contributed by atoms with E-state index in [-0.39, 0.29) is 48.2 Å². The maximum Gasteiger partial charge on any atom is 0.303 e. The third-order valence-corrected chi connectivity index (χ3v) is 7.90. The fourth-order valence-corrected chi connectivity index (χ4v) is 5.20. The van der Waals surface area contributed by atoms with Crippen LogP contribution in [0.2, 0.25) is 0 Å². The van der Waals surface area contributed by atoms with Gasteiger partial charge in [0, 0.05) is 32.5 Å². The van der Waals surface area contributed by atoms with E-state index in [2.05, 4.69) is 20.1 Å². The summed E-state index contributed by atoms with van der Waals surface area (Å²) >= 11 is 0. The molecule has 37 heavy (non-hydrogen) atoms. The highest BCUT2D eigenvalue weighted by atomic mass is 32.2. The first-order valence-corrected chi connectivity index (χ1v) is 12.9. The lowest BCUT2D eigenvalue weighted by molar-refractivity contribution is -0.0429. The van der Waals surface area contributed by atoms with Crippen LogP contribution in [0.5, 0.6) is 0 Å². The Hall–Kier alpha value is -3.88. The average Bonchev–Trinajstić information content (AvgIpc) is 3.19. The second kappa shape index (κ2) is 9.53. The van der Waals surface area contributed by atoms with Gasteiger partial charge in [-0.05, 0) is 24.6 Å². The first kappa shape index (κ1) is 24.8. The molecule has 0 amide bonds. The van der Waals surface area contributed by atoms with Crippen LogP contribution in [-0.4, -0.2) is 70.8 Å². The van der Waals surface area contributed by atoms with Gasteiger partial charge in [-0.3, -0.25) is 0 Å². The van der Waals surface area contributed by atoms with Crippen molar-refractivity contribution in [3.63, 3.8) is 0 Å². The van der Waals surface area contributed by atoms with Crippen molar-refractivity contribution in [2.45, 2.75) is 19.1 Å². The second-order valence-electron chi connectivity index (χ2n) is 8.74. The van der Waals surface area contributed by atoms with Crippen LogP contribution in [0.3, 0.4) is 0 Å². The summed E-state index contributed by atoms with van der Waals surface area (Å²) in [7, 11) is -1.15. The summed E-state index contributed by atoms with van der Waals surface area (Å²) in [6, 6.07) is 9.90. The molecule has 0 radical (unpaired) electrons. The van der Waals surface area contributed by atoms with Crippen molar-refractivity contribution in [2.75, 3.05) is 43.0 Å². The van der Waals surface area contributed by atoms with E-state index in [9.17, 15) is 12.8 Å². The largest absolute Gasteiger partial charge is 0.382 e. The lowest BCUT2D eigenvalue weighted by Crippen LogP contribution is -2.47. The van der Waals surface area contributed by atoms with Crippen LogP contribution in [-0.2, 0) is 21.5 Å². The molecule has 1 saturated heterocycles. The average molecular weight is 528 g/mol. The Morgan fingerprint density at radius 3 is 2.46 bits per heavy atom. The number of benzene rings is 1. The molecule has 0 spiro atoms. The van der Waals surface area contributed by atoms with Crippen LogP contribution in [0.4, 0.5) is 21.7 Å². The number of halogens is 1. The van der Waals surface area contributed by atoms with Crippen LogP contribution in [0.15, 0.2) is 42.6 Å². The Bertz CT molecular complexity index is 1550. The summed E-state index contributed by atoms with van der Waals surface area (Å²) < 4.78 is 49.7. The van der Waals surface area contributed by atoms with E-state index in [1.165, 1.54) is 20.2 Å². The lowest BCUT2D eigenvalue weighted by Gasteiger charge is -2.34. The first-order chi connectivity index (χ1) is 17.7. The molecule has 14 heteroatoms. The van der Waals surface area contributed by atoms with Crippen molar-refractivity contribution in [1.82, 2.24) is 29.0 Å². The zero-order valence-electron chi connectivity index (χ0n) is 20.2. The highest BCUT2D eigenvalue weighted by molar-refractivity contribution is 7.90. The van der Waals surface area contributed by atoms with Crippen molar-refractivity contribution in [1.29, 1.82) is 0 Å². The van der Waals surface area contributed by atoms with Gasteiger partial charge in [-0.25, -0.2) is 28.3 Å². The molecular formula is C23H26FN9O3S. The Labute approximate surface area is 212 Å². The van der Waals surface area contributed by atoms with Gasteiger partial charge in [-0.15, -0.1) is 0 Å². The Morgan fingerprint density at radius 1 is 1.14 bits per heavy atom. The maximum absolute atomic E-state index is 14.3. The van der Waals surface area contributed by atoms with E-state index < -0.39 is 10.2 Å². The quantitative estimate of drug-likeness (QED) is 0.347. The van der Waals surface area contributed by atoms with Crippen LogP contribution in [0, 0.1) is 5.82 Å². The lowest BCUT2D eigenvalue weighted by atomic mass is 10.2. The van der Waals surface area contributed by atoms with Crippen molar-refractivity contribution in [3.05, 3.63) is 54.0 Å². The topological polar surface area (TPSA) is 158 Å². The van der Waals surface area contributed by atoms with Gasteiger partial charge in [0.05, 0.1) is 24.6 Å². The number of hydrogen-bond acceptors (Lipinski definition) is 9. The second-order valence-corrected chi connectivity index (χ2v) is 10.8. The van der Waals surface area contributed by atoms with Crippen molar-refractivity contribution >= 4 is 38.6 Å². The number of nitrogens with two attached hydrogens (primary N) is 2. The molecule has 4 heterocycles. The third kappa shape index (κ3) is 4.54. The van der Waals surface area contributed by atoms with Gasteiger partial charge in [0.1, 0.15) is 17.2 Å². The Kier molecular flexibility index (Phi) is 6.39. The van der Waals surface area contributed by atoms with E-state index in [1.807, 2.05) is 0 Å². The molecule has 4 N–H and O–H groups in total. The van der Waals surface area contributed by atoms with Gasteiger partial charge >= 0.3 is 10.2 Å². The summed E-state index contributed by atoms with van der Waals surface area (Å²) in [5.74, 6) is -0.539. The zero-order chi connectivity index (χ0) is 26.3. The molecule has 0 saturated carbocycles. The predicted octanol–water partition coefficient (Wildman–Crippen LogP) is 1.64. The summed E-state index contributed by atoms with van der Waals surface area (Å²) in [4.78, 5) is 13.2. The van der Waals surface area contributed by atoms with E-state index in [1.54, 1.807) is 41.2 Å². The number of anilines is 3. The molecule has 1 aliphatic rings. The van der Waals surface area contributed by atoms with Crippen molar-refractivity contribution < 1.29 is 17.5 Å². The number of fused-ring (bicyclic) bond motifs is 1. The van der Waals surface area contributed by atoms with E-state index in [4.69, 9.17) is 16.2 Å². The number of aromatic nitrogens is 5. The molecule has 1 aliphatic heterocycles. The molecule has 1 atom stereocenters. The van der Waals surface area contributed by atoms with Crippen LogP contribution >= 0.6 is 0 Å². The van der Waals surface area contributed by atoms with Gasteiger partial charge < -0.3 is 16.2 Å². The molecule has 194 valence electrons. The smallest absolute Gasteiger partial charge is 0.303 e. The van der Waals surface area contributed by atoms with Crippen LogP contribution in [0.1, 0.15) is 12.0 Å². The number of ether oxygens (including phenoxy) is 1. The number of hydrogen-bond donors (Lipinski definition) is 2. The fraction of sp³-hybridized carbons (Fsp3) is 0.304. The van der Waals surface area contributed by atoms with E-state index in [0.29, 0.717) is 35.3 Å². The first-order valence-electron chi connectivity index (χ1n) is 11.5. The van der Waals surface area contributed by atoms with Crippen molar-refractivity contribution in [3.8, 4) is 11.5 Å². The normalized spacial score (nSPS) is 15.7. The van der Waals surface area contributed by atoms with Gasteiger partial charge in [-0.2, -0.15) is 17.8 Å². The van der Waals surface area contributed by atoms with Gasteiger partial charge in [0.2, 0.25) is 0 Å². The Balaban J connectivity index is 1.59. The van der Waals surface area contributed by atoms with Gasteiger partial charge in [-0.1, -0.05) is 18.2 Å². The minimum absolute atomic E-state index is 0.0156. The van der Waals surface area contributed by atoms with Crippen molar-refractivity contribution in [2.24, 2.45) is 0 Å². The number of pyridine rings is 1. The molecule has 0 bridgehead atoms. The SMILES string of the molecule is CN(C)S(=O)(=O)N(CC1CCO1)c1c(N)nc(-c2nn(Cc3ccccc3F)c3ncccc23)nc1N. The molecule has 5 rings (SSSR count). The molecule has 1 unspecified atom stereocenters. The molecule has 12 nitrogen and oxygen atoms in total. The molecule has 3 aromatic heterocycles. The molecule has 1 fully saturated rings. The minimum Gasteiger partial charge on any atom is -0.382 e. The summed E-state index contributed by atoms with van der Waals surface area (Å²) in [6.45, 7) is 0.693. The zero-order valence-corrected chi connectivity index (χ0v) is 21.1.